The van der Waals surface area contributed by atoms with Gasteiger partial charge in [-0.15, -0.1) is 0 Å². The molecule has 0 aromatic carbocycles. The molecule has 1 aliphatic heterocycles. The van der Waals surface area contributed by atoms with E-state index in [1.807, 2.05) is 0 Å². The summed E-state index contributed by atoms with van der Waals surface area (Å²) in [7, 11) is 1.69. The second kappa shape index (κ2) is 5.80. The Morgan fingerprint density at radius 1 is 1.50 bits per heavy atom. The predicted octanol–water partition coefficient (Wildman–Crippen LogP) is 2.55. The Morgan fingerprint density at radius 2 is 2.33 bits per heavy atom. The van der Waals surface area contributed by atoms with Crippen molar-refractivity contribution in [2.75, 3.05) is 13.7 Å². The second-order valence-corrected chi connectivity index (χ2v) is 4.94. The van der Waals surface area contributed by atoms with Crippen LogP contribution in [0.5, 0.6) is 0 Å². The normalized spacial score (nSPS) is 25.5. The van der Waals surface area contributed by atoms with Gasteiger partial charge in [0.1, 0.15) is 6.10 Å². The average Bonchev–Trinajstić information content (AvgIpc) is 3.04. The van der Waals surface area contributed by atoms with Crippen LogP contribution in [0.3, 0.4) is 0 Å². The van der Waals surface area contributed by atoms with Crippen molar-refractivity contribution in [3.63, 3.8) is 0 Å². The monoisotopic (exact) mass is 253 g/mol. The Hall–Kier alpha value is -0.940. The minimum atomic E-state index is -0.115. The molecule has 0 aliphatic carbocycles. The molecule has 102 valence electrons. The highest BCUT2D eigenvalue weighted by Crippen LogP contribution is 2.33. The fourth-order valence-corrected chi connectivity index (χ4v) is 2.62. The zero-order chi connectivity index (χ0) is 13.0. The Kier molecular flexibility index (Phi) is 4.35. The van der Waals surface area contributed by atoms with Crippen LogP contribution in [0, 0.1) is 0 Å². The molecule has 5 nitrogen and oxygen atoms in total. The van der Waals surface area contributed by atoms with Crippen LogP contribution in [0.2, 0.25) is 0 Å². The minimum absolute atomic E-state index is 0.0530. The molecule has 0 radical (unpaired) electrons. The summed E-state index contributed by atoms with van der Waals surface area (Å²) < 4.78 is 10.9. The molecular weight excluding hydrogens is 230 g/mol. The van der Waals surface area contributed by atoms with Gasteiger partial charge in [-0.05, 0) is 32.2 Å². The number of ether oxygens (including phenoxy) is 1. The summed E-state index contributed by atoms with van der Waals surface area (Å²) in [5, 5.41) is 7.59. The van der Waals surface area contributed by atoms with E-state index in [4.69, 9.17) is 9.26 Å². The largest absolute Gasteiger partial charge is 0.373 e. The number of hydrogen-bond donors (Lipinski definition) is 1. The Morgan fingerprint density at radius 3 is 2.89 bits per heavy atom. The van der Waals surface area contributed by atoms with E-state index in [0.29, 0.717) is 5.82 Å². The lowest BCUT2D eigenvalue weighted by molar-refractivity contribution is 0.0854. The predicted molar refractivity (Wildman–Crippen MR) is 68.2 cm³/mol. The van der Waals surface area contributed by atoms with Gasteiger partial charge in [-0.25, -0.2) is 0 Å². The van der Waals surface area contributed by atoms with E-state index in [2.05, 4.69) is 29.3 Å². The number of methoxy groups -OCH3 is 1. The number of rotatable bonds is 6. The van der Waals surface area contributed by atoms with Gasteiger partial charge in [0.25, 0.3) is 0 Å². The molecule has 2 atom stereocenters. The molecule has 0 saturated carbocycles. The Balaban J connectivity index is 2.18. The molecule has 0 bridgehead atoms. The molecule has 2 unspecified atom stereocenters. The van der Waals surface area contributed by atoms with Gasteiger partial charge >= 0.3 is 0 Å². The number of nitrogens with one attached hydrogen (secondary N) is 1. The quantitative estimate of drug-likeness (QED) is 0.844. The Labute approximate surface area is 108 Å². The van der Waals surface area contributed by atoms with Crippen molar-refractivity contribution in [2.24, 2.45) is 0 Å². The first-order valence-corrected chi connectivity index (χ1v) is 6.87. The van der Waals surface area contributed by atoms with Gasteiger partial charge in [0, 0.05) is 7.11 Å². The summed E-state index contributed by atoms with van der Waals surface area (Å²) in [6, 6.07) is 0. The summed E-state index contributed by atoms with van der Waals surface area (Å²) in [6.45, 7) is 5.30. The number of nitrogens with zero attached hydrogens (tertiary/aromatic N) is 2. The van der Waals surface area contributed by atoms with Crippen molar-refractivity contribution in [3.8, 4) is 0 Å². The maximum Gasteiger partial charge on any atom is 0.247 e. The third kappa shape index (κ3) is 2.42. The fraction of sp³-hybridized carbons (Fsp3) is 0.846. The third-order valence-corrected chi connectivity index (χ3v) is 3.82. The average molecular weight is 253 g/mol. The highest BCUT2D eigenvalue weighted by molar-refractivity contribution is 5.07. The van der Waals surface area contributed by atoms with Crippen molar-refractivity contribution < 1.29 is 9.26 Å². The molecule has 1 saturated heterocycles. The zero-order valence-corrected chi connectivity index (χ0v) is 11.5. The van der Waals surface area contributed by atoms with E-state index >= 15 is 0 Å². The van der Waals surface area contributed by atoms with E-state index in [1.165, 1.54) is 0 Å². The van der Waals surface area contributed by atoms with E-state index in [9.17, 15) is 0 Å². The van der Waals surface area contributed by atoms with Crippen LogP contribution >= 0.6 is 0 Å². The molecule has 1 aliphatic rings. The second-order valence-electron chi connectivity index (χ2n) is 4.94. The number of aromatic nitrogens is 2. The van der Waals surface area contributed by atoms with Gasteiger partial charge in [-0.2, -0.15) is 4.98 Å². The van der Waals surface area contributed by atoms with E-state index < -0.39 is 0 Å². The lowest BCUT2D eigenvalue weighted by Gasteiger charge is -2.22. The van der Waals surface area contributed by atoms with Crippen LogP contribution in [0.15, 0.2) is 4.52 Å². The molecule has 1 fully saturated rings. The van der Waals surface area contributed by atoms with Crippen LogP contribution in [-0.4, -0.2) is 23.8 Å². The maximum atomic E-state index is 5.47. The van der Waals surface area contributed by atoms with E-state index in [-0.39, 0.29) is 11.6 Å². The highest BCUT2D eigenvalue weighted by atomic mass is 16.5. The summed E-state index contributed by atoms with van der Waals surface area (Å²) >= 11 is 0. The van der Waals surface area contributed by atoms with E-state index in [1.54, 1.807) is 7.11 Å². The molecule has 2 rings (SSSR count). The smallest absolute Gasteiger partial charge is 0.247 e. The van der Waals surface area contributed by atoms with Crippen LogP contribution in [-0.2, 0) is 10.3 Å². The molecule has 0 spiro atoms. The summed E-state index contributed by atoms with van der Waals surface area (Å²) in [5.74, 6) is 1.39. The minimum Gasteiger partial charge on any atom is -0.373 e. The summed E-state index contributed by atoms with van der Waals surface area (Å²) in [5.41, 5.74) is -0.115. The number of hydrogen-bond acceptors (Lipinski definition) is 5. The Bertz CT molecular complexity index is 372. The van der Waals surface area contributed by atoms with Gasteiger partial charge < -0.3 is 14.6 Å². The first-order valence-electron chi connectivity index (χ1n) is 6.87. The van der Waals surface area contributed by atoms with Crippen molar-refractivity contribution >= 4 is 0 Å². The lowest BCUT2D eigenvalue weighted by atomic mass is 9.94. The van der Waals surface area contributed by atoms with Crippen molar-refractivity contribution in [1.82, 2.24) is 15.5 Å². The van der Waals surface area contributed by atoms with Crippen LogP contribution in [0.25, 0.3) is 0 Å². The lowest BCUT2D eigenvalue weighted by Crippen LogP contribution is -2.36. The van der Waals surface area contributed by atoms with Crippen LogP contribution < -0.4 is 5.32 Å². The summed E-state index contributed by atoms with van der Waals surface area (Å²) in [4.78, 5) is 4.56. The summed E-state index contributed by atoms with van der Waals surface area (Å²) in [6.07, 6.45) is 5.11. The molecule has 1 N–H and O–H groups in total. The van der Waals surface area contributed by atoms with Crippen molar-refractivity contribution in [3.05, 3.63) is 11.7 Å². The SMILES string of the molecule is CCCC(OC)c1noc(C2(CC)CCCN2)n1. The zero-order valence-electron chi connectivity index (χ0n) is 11.5. The molecule has 5 heteroatoms. The van der Waals surface area contributed by atoms with Gasteiger partial charge in [0.15, 0.2) is 0 Å². The topological polar surface area (TPSA) is 60.2 Å². The fourth-order valence-electron chi connectivity index (χ4n) is 2.62. The highest BCUT2D eigenvalue weighted by Gasteiger charge is 2.39. The van der Waals surface area contributed by atoms with Gasteiger partial charge in [-0.1, -0.05) is 25.4 Å². The van der Waals surface area contributed by atoms with Crippen LogP contribution in [0.1, 0.15) is 63.8 Å². The van der Waals surface area contributed by atoms with E-state index in [0.717, 1.165) is 44.5 Å². The molecule has 1 aromatic heterocycles. The van der Waals surface area contributed by atoms with Gasteiger partial charge in [0.2, 0.25) is 11.7 Å². The standard InChI is InChI=1S/C13H23N3O2/c1-4-7-10(17-3)11-15-12(18-16-11)13(5-2)8-6-9-14-13/h10,14H,4-9H2,1-3H3. The molecule has 18 heavy (non-hydrogen) atoms. The van der Waals surface area contributed by atoms with Crippen LogP contribution in [0.4, 0.5) is 0 Å². The van der Waals surface area contributed by atoms with Crippen molar-refractivity contribution in [2.45, 2.75) is 57.6 Å². The molecular formula is C13H23N3O2. The third-order valence-electron chi connectivity index (χ3n) is 3.82. The first-order chi connectivity index (χ1) is 8.75. The van der Waals surface area contributed by atoms with Gasteiger partial charge in [-0.3, -0.25) is 0 Å². The molecule has 1 aromatic rings. The molecule has 2 heterocycles. The van der Waals surface area contributed by atoms with Gasteiger partial charge in [0.05, 0.1) is 5.54 Å². The van der Waals surface area contributed by atoms with Crippen molar-refractivity contribution in [1.29, 1.82) is 0 Å². The first kappa shape index (κ1) is 13.5. The molecule has 0 amide bonds. The maximum absolute atomic E-state index is 5.47.